The number of carbonyl (C=O) groups is 1. The predicted molar refractivity (Wildman–Crippen MR) is 66.8 cm³/mol. The Labute approximate surface area is 104 Å². The van der Waals surface area contributed by atoms with Crippen LogP contribution in [0.15, 0.2) is 0 Å². The van der Waals surface area contributed by atoms with Crippen LogP contribution < -0.4 is 5.32 Å². The number of esters is 1. The van der Waals surface area contributed by atoms with Gasteiger partial charge in [-0.3, -0.25) is 4.79 Å². The SMILES string of the molecule is COC(=O)C(CN(C)CC1CCC1)NC1CC1. The average Bonchev–Trinajstić information content (AvgIpc) is 3.05. The fourth-order valence-corrected chi connectivity index (χ4v) is 2.37. The van der Waals surface area contributed by atoms with E-state index in [0.717, 1.165) is 19.0 Å². The van der Waals surface area contributed by atoms with E-state index in [1.807, 2.05) is 0 Å². The van der Waals surface area contributed by atoms with Gasteiger partial charge in [0.2, 0.25) is 0 Å². The lowest BCUT2D eigenvalue weighted by Crippen LogP contribution is -2.47. The fourth-order valence-electron chi connectivity index (χ4n) is 2.37. The number of methoxy groups -OCH3 is 1. The lowest BCUT2D eigenvalue weighted by atomic mass is 9.85. The molecule has 2 aliphatic carbocycles. The van der Waals surface area contributed by atoms with E-state index in [-0.39, 0.29) is 12.0 Å². The molecule has 0 aromatic rings. The molecule has 0 aliphatic heterocycles. The summed E-state index contributed by atoms with van der Waals surface area (Å²) in [5, 5.41) is 3.37. The highest BCUT2D eigenvalue weighted by Gasteiger charge is 2.30. The number of nitrogens with one attached hydrogen (secondary N) is 1. The highest BCUT2D eigenvalue weighted by molar-refractivity contribution is 5.76. The first-order chi connectivity index (χ1) is 8.19. The Morgan fingerprint density at radius 3 is 2.59 bits per heavy atom. The molecule has 0 amide bonds. The number of hydrogen-bond acceptors (Lipinski definition) is 4. The first kappa shape index (κ1) is 12.8. The quantitative estimate of drug-likeness (QED) is 0.674. The molecule has 1 atom stereocenters. The molecule has 2 fully saturated rings. The van der Waals surface area contributed by atoms with Crippen molar-refractivity contribution >= 4 is 5.97 Å². The summed E-state index contributed by atoms with van der Waals surface area (Å²) in [5.41, 5.74) is 0. The topological polar surface area (TPSA) is 41.6 Å². The normalized spacial score (nSPS) is 22.3. The van der Waals surface area contributed by atoms with Crippen LogP contribution in [-0.4, -0.2) is 50.2 Å². The van der Waals surface area contributed by atoms with Gasteiger partial charge >= 0.3 is 5.97 Å². The Morgan fingerprint density at radius 1 is 1.41 bits per heavy atom. The summed E-state index contributed by atoms with van der Waals surface area (Å²) in [5.74, 6) is 0.719. The van der Waals surface area contributed by atoms with Crippen molar-refractivity contribution in [3.05, 3.63) is 0 Å². The summed E-state index contributed by atoms with van der Waals surface area (Å²) in [6.07, 6.45) is 6.46. The zero-order valence-electron chi connectivity index (χ0n) is 10.9. The van der Waals surface area contributed by atoms with E-state index in [1.54, 1.807) is 0 Å². The van der Waals surface area contributed by atoms with Crippen molar-refractivity contribution in [2.45, 2.75) is 44.2 Å². The molecule has 0 radical (unpaired) electrons. The summed E-state index contributed by atoms with van der Waals surface area (Å²) in [4.78, 5) is 13.9. The second kappa shape index (κ2) is 5.83. The van der Waals surface area contributed by atoms with Gasteiger partial charge in [0.1, 0.15) is 6.04 Å². The second-order valence-corrected chi connectivity index (χ2v) is 5.53. The molecule has 0 heterocycles. The van der Waals surface area contributed by atoms with Gasteiger partial charge in [-0.15, -0.1) is 0 Å². The number of carbonyl (C=O) groups excluding carboxylic acids is 1. The number of ether oxygens (including phenoxy) is 1. The largest absolute Gasteiger partial charge is 0.468 e. The van der Waals surface area contributed by atoms with Gasteiger partial charge in [0.25, 0.3) is 0 Å². The Kier molecular flexibility index (Phi) is 4.40. The predicted octanol–water partition coefficient (Wildman–Crippen LogP) is 1.01. The lowest BCUT2D eigenvalue weighted by Gasteiger charge is -2.31. The molecule has 17 heavy (non-hydrogen) atoms. The molecule has 0 saturated heterocycles. The highest BCUT2D eigenvalue weighted by Crippen LogP contribution is 2.27. The van der Waals surface area contributed by atoms with Gasteiger partial charge in [0, 0.05) is 19.1 Å². The van der Waals surface area contributed by atoms with Crippen LogP contribution in [0.2, 0.25) is 0 Å². The van der Waals surface area contributed by atoms with Crippen molar-refractivity contribution in [1.29, 1.82) is 0 Å². The van der Waals surface area contributed by atoms with Gasteiger partial charge in [0.15, 0.2) is 0 Å². The maximum absolute atomic E-state index is 11.7. The molecule has 0 spiro atoms. The summed E-state index contributed by atoms with van der Waals surface area (Å²) in [6.45, 7) is 1.87. The van der Waals surface area contributed by atoms with Gasteiger partial charge < -0.3 is 15.0 Å². The third-order valence-corrected chi connectivity index (χ3v) is 3.79. The smallest absolute Gasteiger partial charge is 0.324 e. The van der Waals surface area contributed by atoms with Crippen LogP contribution in [0.3, 0.4) is 0 Å². The van der Waals surface area contributed by atoms with Crippen LogP contribution in [0, 0.1) is 5.92 Å². The van der Waals surface area contributed by atoms with E-state index >= 15 is 0 Å². The van der Waals surface area contributed by atoms with Crippen molar-refractivity contribution < 1.29 is 9.53 Å². The Bertz CT molecular complexity index is 262. The van der Waals surface area contributed by atoms with Gasteiger partial charge in [-0.05, 0) is 38.6 Å². The van der Waals surface area contributed by atoms with E-state index in [1.165, 1.54) is 39.2 Å². The minimum atomic E-state index is -0.155. The summed E-state index contributed by atoms with van der Waals surface area (Å²) in [6, 6.07) is 0.383. The molecule has 1 N–H and O–H groups in total. The summed E-state index contributed by atoms with van der Waals surface area (Å²) in [7, 11) is 3.57. The summed E-state index contributed by atoms with van der Waals surface area (Å²) >= 11 is 0. The number of nitrogens with zero attached hydrogens (tertiary/aromatic N) is 1. The van der Waals surface area contributed by atoms with E-state index in [0.29, 0.717) is 6.04 Å². The maximum Gasteiger partial charge on any atom is 0.324 e. The monoisotopic (exact) mass is 240 g/mol. The van der Waals surface area contributed by atoms with Crippen LogP contribution in [0.4, 0.5) is 0 Å². The minimum Gasteiger partial charge on any atom is -0.468 e. The Hall–Kier alpha value is -0.610. The van der Waals surface area contributed by atoms with Gasteiger partial charge in [-0.2, -0.15) is 0 Å². The first-order valence-electron chi connectivity index (χ1n) is 6.71. The lowest BCUT2D eigenvalue weighted by molar-refractivity contribution is -0.143. The second-order valence-electron chi connectivity index (χ2n) is 5.53. The zero-order chi connectivity index (χ0) is 12.3. The zero-order valence-corrected chi connectivity index (χ0v) is 10.9. The average molecular weight is 240 g/mol. The van der Waals surface area contributed by atoms with Crippen LogP contribution in [0.5, 0.6) is 0 Å². The number of hydrogen-bond donors (Lipinski definition) is 1. The molecule has 2 saturated carbocycles. The fraction of sp³-hybridized carbons (Fsp3) is 0.923. The van der Waals surface area contributed by atoms with E-state index in [9.17, 15) is 4.79 Å². The Balaban J connectivity index is 1.75. The first-order valence-corrected chi connectivity index (χ1v) is 6.71. The molecular formula is C13H24N2O2. The van der Waals surface area contributed by atoms with Crippen LogP contribution in [-0.2, 0) is 9.53 Å². The van der Waals surface area contributed by atoms with E-state index in [2.05, 4.69) is 17.3 Å². The molecule has 2 rings (SSSR count). The molecule has 0 aromatic carbocycles. The summed E-state index contributed by atoms with van der Waals surface area (Å²) < 4.78 is 4.86. The molecule has 0 bridgehead atoms. The number of rotatable bonds is 7. The van der Waals surface area contributed by atoms with Gasteiger partial charge in [-0.1, -0.05) is 6.42 Å². The van der Waals surface area contributed by atoms with Crippen molar-refractivity contribution in [1.82, 2.24) is 10.2 Å². The van der Waals surface area contributed by atoms with Crippen molar-refractivity contribution in [3.8, 4) is 0 Å². The van der Waals surface area contributed by atoms with E-state index in [4.69, 9.17) is 4.74 Å². The van der Waals surface area contributed by atoms with Crippen molar-refractivity contribution in [3.63, 3.8) is 0 Å². The molecule has 4 heteroatoms. The minimum absolute atomic E-state index is 0.127. The molecule has 0 aromatic heterocycles. The van der Waals surface area contributed by atoms with Crippen LogP contribution in [0.25, 0.3) is 0 Å². The third kappa shape index (κ3) is 3.96. The van der Waals surface area contributed by atoms with E-state index < -0.39 is 0 Å². The number of likely N-dealkylation sites (N-methyl/N-ethyl adjacent to an activating group) is 1. The molecule has 98 valence electrons. The highest BCUT2D eigenvalue weighted by atomic mass is 16.5. The van der Waals surface area contributed by atoms with Crippen molar-refractivity contribution in [2.75, 3.05) is 27.2 Å². The maximum atomic E-state index is 11.7. The van der Waals surface area contributed by atoms with Gasteiger partial charge in [0.05, 0.1) is 7.11 Å². The molecule has 4 nitrogen and oxygen atoms in total. The standard InChI is InChI=1S/C13H24N2O2/c1-15(8-10-4-3-5-10)9-12(13(16)17-2)14-11-6-7-11/h10-12,14H,3-9H2,1-2H3. The van der Waals surface area contributed by atoms with Crippen LogP contribution in [0.1, 0.15) is 32.1 Å². The Morgan fingerprint density at radius 2 is 2.12 bits per heavy atom. The molecular weight excluding hydrogens is 216 g/mol. The third-order valence-electron chi connectivity index (χ3n) is 3.79. The molecule has 2 aliphatic rings. The van der Waals surface area contributed by atoms with Crippen LogP contribution >= 0.6 is 0 Å². The van der Waals surface area contributed by atoms with Crippen molar-refractivity contribution in [2.24, 2.45) is 5.92 Å². The molecule has 1 unspecified atom stereocenters. The van der Waals surface area contributed by atoms with Gasteiger partial charge in [-0.25, -0.2) is 0 Å².